The minimum absolute atomic E-state index is 0.117. The molecule has 4 rings (SSSR count). The Kier molecular flexibility index (Phi) is 5.84. The van der Waals surface area contributed by atoms with Gasteiger partial charge >= 0.3 is 0 Å². The molecule has 1 atom stereocenters. The Balaban J connectivity index is 1.56. The number of rotatable bonds is 8. The molecule has 1 aromatic heterocycles. The van der Waals surface area contributed by atoms with Crippen molar-refractivity contribution < 1.29 is 9.90 Å². The summed E-state index contributed by atoms with van der Waals surface area (Å²) in [6.45, 7) is 2.04. The van der Waals surface area contributed by atoms with Gasteiger partial charge in [0.25, 0.3) is 10.9 Å². The SMILES string of the molecule is C[C@@H](Nc1c(Nc2ccc3[nH]nc(NC(=O)CN(C)C)c3c2)c(=O)c1=O)c1cccc(O)c1. The molecule has 170 valence electrons. The van der Waals surface area contributed by atoms with Gasteiger partial charge in [-0.15, -0.1) is 0 Å². The van der Waals surface area contributed by atoms with Crippen LogP contribution in [-0.2, 0) is 4.79 Å². The Bertz CT molecular complexity index is 1400. The molecule has 3 aromatic carbocycles. The van der Waals surface area contributed by atoms with E-state index in [1.165, 1.54) is 0 Å². The summed E-state index contributed by atoms with van der Waals surface area (Å²) in [7, 11) is 3.59. The zero-order valence-corrected chi connectivity index (χ0v) is 18.4. The first kappa shape index (κ1) is 22.0. The van der Waals surface area contributed by atoms with E-state index in [1.807, 2.05) is 13.0 Å². The van der Waals surface area contributed by atoms with Crippen LogP contribution in [0, 0.1) is 0 Å². The quantitative estimate of drug-likeness (QED) is 0.259. The highest BCUT2D eigenvalue weighted by Gasteiger charge is 2.23. The number of phenols is 1. The summed E-state index contributed by atoms with van der Waals surface area (Å²) in [6.07, 6.45) is 0. The third kappa shape index (κ3) is 4.55. The van der Waals surface area contributed by atoms with Crippen LogP contribution in [0.5, 0.6) is 5.75 Å². The summed E-state index contributed by atoms with van der Waals surface area (Å²) >= 11 is 0. The molecule has 0 saturated heterocycles. The van der Waals surface area contributed by atoms with Crippen LogP contribution in [0.3, 0.4) is 0 Å². The van der Waals surface area contributed by atoms with Gasteiger partial charge in [0.2, 0.25) is 5.91 Å². The van der Waals surface area contributed by atoms with E-state index in [-0.39, 0.29) is 35.6 Å². The third-order valence-corrected chi connectivity index (χ3v) is 5.19. The molecule has 4 aromatic rings. The predicted octanol–water partition coefficient (Wildman–Crippen LogP) is 2.28. The molecule has 0 spiro atoms. The summed E-state index contributed by atoms with van der Waals surface area (Å²) in [5.74, 6) is 0.286. The fraction of sp³-hybridized carbons (Fsp3) is 0.217. The Morgan fingerprint density at radius 1 is 1.12 bits per heavy atom. The van der Waals surface area contributed by atoms with Crippen molar-refractivity contribution in [2.45, 2.75) is 13.0 Å². The number of likely N-dealkylation sites (N-methyl/N-ethyl adjacent to an activating group) is 1. The molecular formula is C23H24N6O4. The normalized spacial score (nSPS) is 12.2. The number of nitrogens with one attached hydrogen (secondary N) is 4. The van der Waals surface area contributed by atoms with Crippen LogP contribution in [0.25, 0.3) is 10.9 Å². The highest BCUT2D eigenvalue weighted by atomic mass is 16.3. The number of hydrogen-bond donors (Lipinski definition) is 5. The maximum Gasteiger partial charge on any atom is 0.253 e. The largest absolute Gasteiger partial charge is 0.508 e. The lowest BCUT2D eigenvalue weighted by molar-refractivity contribution is -0.116. The fourth-order valence-electron chi connectivity index (χ4n) is 3.53. The zero-order chi connectivity index (χ0) is 23.7. The molecule has 10 nitrogen and oxygen atoms in total. The lowest BCUT2D eigenvalue weighted by Gasteiger charge is -2.20. The Hall–Kier alpha value is -4.18. The molecule has 0 saturated carbocycles. The second-order valence-electron chi connectivity index (χ2n) is 8.11. The van der Waals surface area contributed by atoms with Crippen LogP contribution in [0.4, 0.5) is 22.9 Å². The summed E-state index contributed by atoms with van der Waals surface area (Å²) in [6, 6.07) is 11.6. The number of carbonyl (C=O) groups is 1. The molecular weight excluding hydrogens is 424 g/mol. The smallest absolute Gasteiger partial charge is 0.253 e. The van der Waals surface area contributed by atoms with Crippen molar-refractivity contribution in [3.05, 3.63) is 68.5 Å². The van der Waals surface area contributed by atoms with Gasteiger partial charge in [0.05, 0.1) is 12.1 Å². The van der Waals surface area contributed by atoms with Gasteiger partial charge in [-0.1, -0.05) is 12.1 Å². The number of anilines is 4. The molecule has 0 fully saturated rings. The Morgan fingerprint density at radius 3 is 2.61 bits per heavy atom. The second kappa shape index (κ2) is 8.75. The number of benzene rings is 2. The van der Waals surface area contributed by atoms with Gasteiger partial charge in [-0.2, -0.15) is 5.10 Å². The Morgan fingerprint density at radius 2 is 1.88 bits per heavy atom. The Labute approximate surface area is 188 Å². The predicted molar refractivity (Wildman–Crippen MR) is 128 cm³/mol. The average Bonchev–Trinajstić information content (AvgIpc) is 3.17. The van der Waals surface area contributed by atoms with Crippen LogP contribution in [-0.4, -0.2) is 46.8 Å². The van der Waals surface area contributed by atoms with Crippen molar-refractivity contribution in [2.75, 3.05) is 36.6 Å². The number of aromatic amines is 1. The van der Waals surface area contributed by atoms with E-state index in [1.54, 1.807) is 55.4 Å². The van der Waals surface area contributed by atoms with Gasteiger partial charge in [0, 0.05) is 17.1 Å². The molecule has 0 aliphatic rings. The van der Waals surface area contributed by atoms with E-state index in [0.717, 1.165) is 5.56 Å². The maximum atomic E-state index is 12.2. The molecule has 0 aliphatic heterocycles. The molecule has 0 unspecified atom stereocenters. The first-order chi connectivity index (χ1) is 15.7. The van der Waals surface area contributed by atoms with E-state index in [9.17, 15) is 19.5 Å². The van der Waals surface area contributed by atoms with Gasteiger partial charge in [-0.3, -0.25) is 19.5 Å². The maximum absolute atomic E-state index is 12.2. The highest BCUT2D eigenvalue weighted by Crippen LogP contribution is 2.29. The topological polar surface area (TPSA) is 139 Å². The molecule has 0 bridgehead atoms. The minimum Gasteiger partial charge on any atom is -0.508 e. The second-order valence-corrected chi connectivity index (χ2v) is 8.11. The van der Waals surface area contributed by atoms with Crippen molar-refractivity contribution in [1.29, 1.82) is 0 Å². The van der Waals surface area contributed by atoms with Crippen molar-refractivity contribution in [3.8, 4) is 5.75 Å². The molecule has 0 aliphatic carbocycles. The number of H-pyrrole nitrogens is 1. The van der Waals surface area contributed by atoms with Crippen LogP contribution < -0.4 is 26.8 Å². The zero-order valence-electron chi connectivity index (χ0n) is 18.4. The number of amides is 1. The molecule has 33 heavy (non-hydrogen) atoms. The first-order valence-corrected chi connectivity index (χ1v) is 10.3. The molecule has 0 radical (unpaired) electrons. The van der Waals surface area contributed by atoms with E-state index in [4.69, 9.17) is 0 Å². The van der Waals surface area contributed by atoms with Crippen molar-refractivity contribution in [1.82, 2.24) is 15.1 Å². The average molecular weight is 448 g/mol. The van der Waals surface area contributed by atoms with E-state index in [2.05, 4.69) is 26.1 Å². The van der Waals surface area contributed by atoms with Crippen LogP contribution in [0.1, 0.15) is 18.5 Å². The summed E-state index contributed by atoms with van der Waals surface area (Å²) in [4.78, 5) is 38.3. The van der Waals surface area contributed by atoms with Crippen LogP contribution in [0.15, 0.2) is 52.1 Å². The van der Waals surface area contributed by atoms with Crippen molar-refractivity contribution >= 4 is 39.7 Å². The third-order valence-electron chi connectivity index (χ3n) is 5.19. The monoisotopic (exact) mass is 448 g/mol. The standard InChI is InChI=1S/C23H24N6O4/c1-12(13-5-4-6-15(30)9-13)24-19-20(22(33)21(19)32)25-14-7-8-17-16(10-14)23(28-27-17)26-18(31)11-29(2)3/h4-10,12,24-25,30H,11H2,1-3H3,(H2,26,27,28,31)/t12-/m1/s1. The number of aromatic nitrogens is 2. The van der Waals surface area contributed by atoms with Crippen LogP contribution in [0.2, 0.25) is 0 Å². The molecule has 1 amide bonds. The van der Waals surface area contributed by atoms with E-state index in [0.29, 0.717) is 22.4 Å². The number of fused-ring (bicyclic) bond motifs is 1. The summed E-state index contributed by atoms with van der Waals surface area (Å²) < 4.78 is 0. The van der Waals surface area contributed by atoms with Gasteiger partial charge in [0.15, 0.2) is 5.82 Å². The summed E-state index contributed by atoms with van der Waals surface area (Å²) in [5.41, 5.74) is 1.16. The molecule has 1 heterocycles. The lowest BCUT2D eigenvalue weighted by atomic mass is 10.1. The summed E-state index contributed by atoms with van der Waals surface area (Å²) in [5, 5.41) is 26.2. The van der Waals surface area contributed by atoms with Crippen molar-refractivity contribution in [2.24, 2.45) is 0 Å². The van der Waals surface area contributed by atoms with Gasteiger partial charge in [0.1, 0.15) is 17.1 Å². The lowest BCUT2D eigenvalue weighted by Crippen LogP contribution is -2.37. The molecule has 5 N–H and O–H groups in total. The highest BCUT2D eigenvalue weighted by molar-refractivity contribution is 6.01. The van der Waals surface area contributed by atoms with Gasteiger partial charge in [-0.25, -0.2) is 0 Å². The van der Waals surface area contributed by atoms with E-state index >= 15 is 0 Å². The van der Waals surface area contributed by atoms with E-state index < -0.39 is 10.9 Å². The number of carbonyl (C=O) groups excluding carboxylic acids is 1. The van der Waals surface area contributed by atoms with Gasteiger partial charge < -0.3 is 26.0 Å². The first-order valence-electron chi connectivity index (χ1n) is 10.3. The minimum atomic E-state index is -0.618. The van der Waals surface area contributed by atoms with Crippen molar-refractivity contribution in [3.63, 3.8) is 0 Å². The van der Waals surface area contributed by atoms with Crippen LogP contribution >= 0.6 is 0 Å². The number of phenolic OH excluding ortho intramolecular Hbond substituents is 1. The number of hydrogen-bond acceptors (Lipinski definition) is 8. The van der Waals surface area contributed by atoms with Gasteiger partial charge in [-0.05, 0) is 56.9 Å². The number of aromatic hydroxyl groups is 1. The number of nitrogens with zero attached hydrogens (tertiary/aromatic N) is 2. The fourth-order valence-corrected chi connectivity index (χ4v) is 3.53. The molecule has 10 heteroatoms.